The predicted octanol–water partition coefficient (Wildman–Crippen LogP) is 2.25. The lowest BCUT2D eigenvalue weighted by Gasteiger charge is -1.98. The van der Waals surface area contributed by atoms with E-state index in [1.807, 2.05) is 0 Å². The lowest BCUT2D eigenvalue weighted by atomic mass is 10.4. The number of hydrogen-bond donors (Lipinski definition) is 1. The van der Waals surface area contributed by atoms with Gasteiger partial charge in [0.2, 0.25) is 17.7 Å². The Morgan fingerprint density at radius 3 is 2.40 bits per heavy atom. The molecular formula is C7H2F5N3. The van der Waals surface area contributed by atoms with E-state index in [0.29, 0.717) is 6.07 Å². The minimum Gasteiger partial charge on any atom is -0.334 e. The Morgan fingerprint density at radius 1 is 1.13 bits per heavy atom. The van der Waals surface area contributed by atoms with Crippen LogP contribution in [0.15, 0.2) is 6.07 Å². The molecule has 0 aliphatic heterocycles. The number of rotatable bonds is 0. The van der Waals surface area contributed by atoms with Gasteiger partial charge in [0.15, 0.2) is 0 Å². The molecule has 0 unspecified atom stereocenters. The fourth-order valence-electron chi connectivity index (χ4n) is 1.08. The van der Waals surface area contributed by atoms with Crippen molar-refractivity contribution >= 4 is 11.0 Å². The number of pyridine rings is 1. The lowest BCUT2D eigenvalue weighted by Crippen LogP contribution is -2.06. The molecule has 0 amide bonds. The first-order chi connectivity index (χ1) is 6.88. The molecule has 0 aliphatic carbocycles. The Hall–Kier alpha value is -1.73. The van der Waals surface area contributed by atoms with Crippen LogP contribution in [0.4, 0.5) is 22.0 Å². The fraction of sp³-hybridized carbons (Fsp3) is 0.143. The van der Waals surface area contributed by atoms with Gasteiger partial charge in [0.05, 0.1) is 5.52 Å². The van der Waals surface area contributed by atoms with Gasteiger partial charge < -0.3 is 4.98 Å². The average Bonchev–Trinajstić information content (AvgIpc) is 2.46. The first-order valence-corrected chi connectivity index (χ1v) is 3.67. The van der Waals surface area contributed by atoms with Gasteiger partial charge in [-0.05, 0) is 0 Å². The van der Waals surface area contributed by atoms with Crippen LogP contribution in [-0.2, 0) is 6.18 Å². The van der Waals surface area contributed by atoms with E-state index in [2.05, 4.69) is 9.97 Å². The summed E-state index contributed by atoms with van der Waals surface area (Å²) in [7, 11) is 0. The summed E-state index contributed by atoms with van der Waals surface area (Å²) in [5.74, 6) is -3.97. The van der Waals surface area contributed by atoms with Crippen LogP contribution in [0.3, 0.4) is 0 Å². The van der Waals surface area contributed by atoms with Crippen molar-refractivity contribution in [2.75, 3.05) is 0 Å². The molecule has 15 heavy (non-hydrogen) atoms. The maximum absolute atomic E-state index is 12.8. The van der Waals surface area contributed by atoms with Gasteiger partial charge in [-0.25, -0.2) is 4.98 Å². The second kappa shape index (κ2) is 2.88. The van der Waals surface area contributed by atoms with Crippen LogP contribution < -0.4 is 0 Å². The van der Waals surface area contributed by atoms with E-state index in [0.717, 1.165) is 0 Å². The number of alkyl halides is 3. The van der Waals surface area contributed by atoms with Crippen molar-refractivity contribution in [1.82, 2.24) is 15.0 Å². The van der Waals surface area contributed by atoms with E-state index >= 15 is 0 Å². The summed E-state index contributed by atoms with van der Waals surface area (Å²) in [5.41, 5.74) is -1.02. The second-order valence-electron chi connectivity index (χ2n) is 2.72. The van der Waals surface area contributed by atoms with Crippen LogP contribution in [0.2, 0.25) is 0 Å². The van der Waals surface area contributed by atoms with Crippen molar-refractivity contribution in [3.63, 3.8) is 0 Å². The molecule has 0 saturated heterocycles. The molecule has 2 heterocycles. The molecule has 8 heteroatoms. The van der Waals surface area contributed by atoms with Gasteiger partial charge in [-0.1, -0.05) is 0 Å². The Bertz CT molecular complexity index is 515. The smallest absolute Gasteiger partial charge is 0.334 e. The zero-order valence-corrected chi connectivity index (χ0v) is 6.86. The standard InChI is InChI=1S/C7H2F5N3/c8-3-1-2-4(5(9)14-3)15-6(13-2)7(10,11)12/h1H,(H,13,15). The topological polar surface area (TPSA) is 41.6 Å². The third-order valence-electron chi connectivity index (χ3n) is 1.66. The zero-order valence-electron chi connectivity index (χ0n) is 6.86. The predicted molar refractivity (Wildman–Crippen MR) is 38.8 cm³/mol. The normalized spacial score (nSPS) is 12.3. The van der Waals surface area contributed by atoms with Gasteiger partial charge in [-0.3, -0.25) is 0 Å². The number of aromatic nitrogens is 3. The van der Waals surface area contributed by atoms with Crippen LogP contribution in [-0.4, -0.2) is 15.0 Å². The van der Waals surface area contributed by atoms with E-state index in [-0.39, 0.29) is 5.52 Å². The summed E-state index contributed by atoms with van der Waals surface area (Å²) in [5, 5.41) is 0. The highest BCUT2D eigenvalue weighted by Crippen LogP contribution is 2.28. The molecule has 0 fully saturated rings. The van der Waals surface area contributed by atoms with Crippen molar-refractivity contribution in [1.29, 1.82) is 0 Å². The summed E-state index contributed by atoms with van der Waals surface area (Å²) in [6, 6.07) is 0.640. The van der Waals surface area contributed by atoms with Crippen molar-refractivity contribution < 1.29 is 22.0 Å². The maximum atomic E-state index is 12.8. The van der Waals surface area contributed by atoms with E-state index in [9.17, 15) is 22.0 Å². The Morgan fingerprint density at radius 2 is 1.80 bits per heavy atom. The van der Waals surface area contributed by atoms with Gasteiger partial charge in [-0.2, -0.15) is 26.9 Å². The molecule has 0 aromatic carbocycles. The number of hydrogen-bond acceptors (Lipinski definition) is 2. The van der Waals surface area contributed by atoms with E-state index < -0.39 is 29.4 Å². The molecule has 0 atom stereocenters. The van der Waals surface area contributed by atoms with Gasteiger partial charge >= 0.3 is 6.18 Å². The van der Waals surface area contributed by atoms with Crippen molar-refractivity contribution in [2.45, 2.75) is 6.18 Å². The van der Waals surface area contributed by atoms with Gasteiger partial charge in [0, 0.05) is 6.07 Å². The monoisotopic (exact) mass is 223 g/mol. The highest BCUT2D eigenvalue weighted by Gasteiger charge is 2.35. The van der Waals surface area contributed by atoms with E-state index in [1.165, 1.54) is 0 Å². The quantitative estimate of drug-likeness (QED) is 0.549. The zero-order chi connectivity index (χ0) is 11.2. The number of nitrogens with one attached hydrogen (secondary N) is 1. The van der Waals surface area contributed by atoms with Crippen LogP contribution in [0.25, 0.3) is 11.0 Å². The number of fused-ring (bicyclic) bond motifs is 1. The van der Waals surface area contributed by atoms with Gasteiger partial charge in [0.1, 0.15) is 5.52 Å². The molecule has 2 rings (SSSR count). The Labute approximate surface area is 79.0 Å². The minimum atomic E-state index is -4.73. The molecule has 2 aromatic rings. The van der Waals surface area contributed by atoms with Crippen molar-refractivity contribution in [3.8, 4) is 0 Å². The number of nitrogens with zero attached hydrogens (tertiary/aromatic N) is 2. The SMILES string of the molecule is Fc1cc2[nH]c(C(F)(F)F)nc2c(F)n1. The first kappa shape index (κ1) is 9.81. The fourth-order valence-corrected chi connectivity index (χ4v) is 1.08. The summed E-state index contributed by atoms with van der Waals surface area (Å²) in [4.78, 5) is 7.41. The third kappa shape index (κ3) is 1.62. The number of H-pyrrole nitrogens is 1. The number of imidazole rings is 1. The number of aromatic amines is 1. The summed E-state index contributed by atoms with van der Waals surface area (Å²) >= 11 is 0. The number of halogens is 5. The van der Waals surface area contributed by atoms with Gasteiger partial charge in [-0.15, -0.1) is 0 Å². The summed E-state index contributed by atoms with van der Waals surface area (Å²) < 4.78 is 61.8. The molecule has 0 radical (unpaired) electrons. The molecule has 0 spiro atoms. The maximum Gasteiger partial charge on any atom is 0.449 e. The van der Waals surface area contributed by atoms with Crippen LogP contribution in [0, 0.1) is 11.9 Å². The minimum absolute atomic E-state index is 0.382. The lowest BCUT2D eigenvalue weighted by molar-refractivity contribution is -0.144. The third-order valence-corrected chi connectivity index (χ3v) is 1.66. The van der Waals surface area contributed by atoms with Crippen molar-refractivity contribution in [2.24, 2.45) is 0 Å². The molecule has 2 aromatic heterocycles. The largest absolute Gasteiger partial charge is 0.449 e. The molecular weight excluding hydrogens is 221 g/mol. The molecule has 0 saturated carbocycles. The van der Waals surface area contributed by atoms with Crippen molar-refractivity contribution in [3.05, 3.63) is 23.8 Å². The van der Waals surface area contributed by atoms with Crippen LogP contribution in [0.5, 0.6) is 0 Å². The average molecular weight is 223 g/mol. The first-order valence-electron chi connectivity index (χ1n) is 3.67. The highest BCUT2D eigenvalue weighted by molar-refractivity contribution is 5.74. The van der Waals surface area contributed by atoms with Crippen LogP contribution in [0.1, 0.15) is 5.82 Å². The van der Waals surface area contributed by atoms with Crippen LogP contribution >= 0.6 is 0 Å². The summed E-state index contributed by atoms with van der Waals surface area (Å²) in [6.45, 7) is 0. The second-order valence-corrected chi connectivity index (χ2v) is 2.72. The Kier molecular flexibility index (Phi) is 1.88. The molecule has 80 valence electrons. The Balaban J connectivity index is 2.71. The molecule has 1 N–H and O–H groups in total. The van der Waals surface area contributed by atoms with E-state index in [1.54, 1.807) is 4.98 Å². The molecule has 3 nitrogen and oxygen atoms in total. The van der Waals surface area contributed by atoms with E-state index in [4.69, 9.17) is 0 Å². The molecule has 0 aliphatic rings. The summed E-state index contributed by atoms with van der Waals surface area (Å²) in [6.07, 6.45) is -4.73. The van der Waals surface area contributed by atoms with Gasteiger partial charge in [0.25, 0.3) is 0 Å². The highest BCUT2D eigenvalue weighted by atomic mass is 19.4. The molecule has 0 bridgehead atoms.